The van der Waals surface area contributed by atoms with Crippen LogP contribution in [0.5, 0.6) is 11.5 Å². The van der Waals surface area contributed by atoms with Crippen molar-refractivity contribution in [3.05, 3.63) is 21.9 Å². The molecule has 1 aromatic carbocycles. The minimum Gasteiger partial charge on any atom is -0.492 e. The SMILES string of the molecule is COc1c(Br)cc(F)c(C(C)CN)c1OC. The second-order valence-corrected chi connectivity index (χ2v) is 4.31. The van der Waals surface area contributed by atoms with Crippen molar-refractivity contribution in [3.8, 4) is 11.5 Å². The maximum Gasteiger partial charge on any atom is 0.175 e. The summed E-state index contributed by atoms with van der Waals surface area (Å²) in [5, 5.41) is 0. The molecule has 0 saturated heterocycles. The van der Waals surface area contributed by atoms with E-state index < -0.39 is 0 Å². The lowest BCUT2D eigenvalue weighted by Crippen LogP contribution is -2.12. The smallest absolute Gasteiger partial charge is 0.175 e. The van der Waals surface area contributed by atoms with Gasteiger partial charge in [0, 0.05) is 11.5 Å². The van der Waals surface area contributed by atoms with Crippen molar-refractivity contribution >= 4 is 15.9 Å². The van der Waals surface area contributed by atoms with Crippen molar-refractivity contribution in [2.75, 3.05) is 20.8 Å². The van der Waals surface area contributed by atoms with Crippen molar-refractivity contribution in [2.24, 2.45) is 5.73 Å². The summed E-state index contributed by atoms with van der Waals surface area (Å²) in [6, 6.07) is 1.36. The van der Waals surface area contributed by atoms with Crippen molar-refractivity contribution in [1.29, 1.82) is 0 Å². The molecule has 0 aliphatic rings. The fourth-order valence-electron chi connectivity index (χ4n) is 1.56. The molecule has 0 bridgehead atoms. The molecular weight excluding hydrogens is 277 g/mol. The van der Waals surface area contributed by atoms with Crippen molar-refractivity contribution < 1.29 is 13.9 Å². The van der Waals surface area contributed by atoms with Gasteiger partial charge in [0.25, 0.3) is 0 Å². The molecule has 0 aromatic heterocycles. The van der Waals surface area contributed by atoms with Crippen LogP contribution in [0.15, 0.2) is 10.5 Å². The predicted molar refractivity (Wildman–Crippen MR) is 64.7 cm³/mol. The Balaban J connectivity index is 3.45. The van der Waals surface area contributed by atoms with Crippen molar-refractivity contribution in [3.63, 3.8) is 0 Å². The number of benzene rings is 1. The Kier molecular flexibility index (Phi) is 4.56. The lowest BCUT2D eigenvalue weighted by atomic mass is 9.99. The van der Waals surface area contributed by atoms with Gasteiger partial charge in [0.2, 0.25) is 0 Å². The number of ether oxygens (including phenoxy) is 2. The number of methoxy groups -OCH3 is 2. The molecule has 2 N–H and O–H groups in total. The number of halogens is 2. The third-order valence-electron chi connectivity index (χ3n) is 2.43. The van der Waals surface area contributed by atoms with E-state index in [0.717, 1.165) is 0 Å². The van der Waals surface area contributed by atoms with Crippen LogP contribution in [-0.2, 0) is 0 Å². The standard InChI is InChI=1S/C11H15BrFNO2/c1-6(5-14)9-8(13)4-7(12)10(15-2)11(9)16-3/h4,6H,5,14H2,1-3H3. The lowest BCUT2D eigenvalue weighted by molar-refractivity contribution is 0.344. The van der Waals surface area contributed by atoms with Gasteiger partial charge in [-0.15, -0.1) is 0 Å². The molecule has 0 fully saturated rings. The Bertz CT molecular complexity index is 385. The summed E-state index contributed by atoms with van der Waals surface area (Å²) in [5.74, 6) is 0.408. The Labute approximate surface area is 103 Å². The second-order valence-electron chi connectivity index (χ2n) is 3.46. The molecule has 0 amide bonds. The number of hydrogen-bond acceptors (Lipinski definition) is 3. The predicted octanol–water partition coefficient (Wildman–Crippen LogP) is 2.67. The van der Waals surface area contributed by atoms with Crippen LogP contribution in [0.4, 0.5) is 4.39 Å². The summed E-state index contributed by atoms with van der Waals surface area (Å²) < 4.78 is 24.7. The van der Waals surface area contributed by atoms with Crippen LogP contribution in [0, 0.1) is 5.82 Å². The highest BCUT2D eigenvalue weighted by atomic mass is 79.9. The molecule has 0 aliphatic carbocycles. The summed E-state index contributed by atoms with van der Waals surface area (Å²) in [5.41, 5.74) is 6.00. The van der Waals surface area contributed by atoms with Crippen LogP contribution in [-0.4, -0.2) is 20.8 Å². The van der Waals surface area contributed by atoms with Crippen LogP contribution < -0.4 is 15.2 Å². The molecule has 0 saturated carbocycles. The summed E-state index contributed by atoms with van der Waals surface area (Å²) in [7, 11) is 2.99. The first-order valence-corrected chi connectivity index (χ1v) is 5.66. The van der Waals surface area contributed by atoms with E-state index in [1.54, 1.807) is 0 Å². The van der Waals surface area contributed by atoms with Crippen molar-refractivity contribution in [2.45, 2.75) is 12.8 Å². The minimum atomic E-state index is -0.345. The number of nitrogens with two attached hydrogens (primary N) is 1. The zero-order chi connectivity index (χ0) is 12.3. The molecule has 0 aliphatic heterocycles. The van der Waals surface area contributed by atoms with Gasteiger partial charge in [-0.05, 0) is 28.5 Å². The Hall–Kier alpha value is -0.810. The molecule has 90 valence electrons. The average Bonchev–Trinajstić information content (AvgIpc) is 2.27. The number of rotatable bonds is 4. The molecule has 0 heterocycles. The van der Waals surface area contributed by atoms with Gasteiger partial charge in [-0.3, -0.25) is 0 Å². The highest BCUT2D eigenvalue weighted by molar-refractivity contribution is 9.10. The van der Waals surface area contributed by atoms with Gasteiger partial charge in [-0.1, -0.05) is 6.92 Å². The fourth-order valence-corrected chi connectivity index (χ4v) is 2.11. The normalized spacial score (nSPS) is 12.4. The lowest BCUT2D eigenvalue weighted by Gasteiger charge is -2.18. The molecule has 0 spiro atoms. The Morgan fingerprint density at radius 1 is 1.38 bits per heavy atom. The molecule has 5 heteroatoms. The maximum atomic E-state index is 13.8. The first-order valence-electron chi connectivity index (χ1n) is 4.86. The van der Waals surface area contributed by atoms with Gasteiger partial charge in [-0.25, -0.2) is 4.39 Å². The summed E-state index contributed by atoms with van der Waals surface area (Å²) in [6.45, 7) is 2.19. The van der Waals surface area contributed by atoms with Gasteiger partial charge >= 0.3 is 0 Å². The van der Waals surface area contributed by atoms with E-state index in [2.05, 4.69) is 15.9 Å². The van der Waals surface area contributed by atoms with E-state index >= 15 is 0 Å². The molecule has 1 unspecified atom stereocenters. The molecule has 1 rings (SSSR count). The monoisotopic (exact) mass is 291 g/mol. The van der Waals surface area contributed by atoms with Crippen molar-refractivity contribution in [1.82, 2.24) is 0 Å². The van der Waals surface area contributed by atoms with E-state index in [0.29, 0.717) is 28.1 Å². The first kappa shape index (κ1) is 13.3. The van der Waals surface area contributed by atoms with Gasteiger partial charge < -0.3 is 15.2 Å². The summed E-state index contributed by atoms with van der Waals surface area (Å²) >= 11 is 3.23. The van der Waals surface area contributed by atoms with E-state index in [-0.39, 0.29) is 11.7 Å². The second kappa shape index (κ2) is 5.50. The van der Waals surface area contributed by atoms with Gasteiger partial charge in [0.1, 0.15) is 5.82 Å². The van der Waals surface area contributed by atoms with Crippen LogP contribution in [0.1, 0.15) is 18.4 Å². The van der Waals surface area contributed by atoms with Crippen LogP contribution in [0.3, 0.4) is 0 Å². The third kappa shape index (κ3) is 2.30. The highest BCUT2D eigenvalue weighted by Crippen LogP contribution is 2.42. The Morgan fingerprint density at radius 3 is 2.38 bits per heavy atom. The number of hydrogen-bond donors (Lipinski definition) is 1. The van der Waals surface area contributed by atoms with Gasteiger partial charge in [0.05, 0.1) is 18.7 Å². The van der Waals surface area contributed by atoms with Crippen LogP contribution >= 0.6 is 15.9 Å². The van der Waals surface area contributed by atoms with E-state index in [9.17, 15) is 4.39 Å². The minimum absolute atomic E-state index is 0.128. The van der Waals surface area contributed by atoms with Crippen LogP contribution in [0.2, 0.25) is 0 Å². The molecule has 0 radical (unpaired) electrons. The first-order chi connectivity index (χ1) is 7.56. The maximum absolute atomic E-state index is 13.8. The van der Waals surface area contributed by atoms with Gasteiger partial charge in [-0.2, -0.15) is 0 Å². The fraction of sp³-hybridized carbons (Fsp3) is 0.455. The van der Waals surface area contributed by atoms with E-state index in [4.69, 9.17) is 15.2 Å². The molecule has 16 heavy (non-hydrogen) atoms. The van der Waals surface area contributed by atoms with Gasteiger partial charge in [0.15, 0.2) is 11.5 Å². The zero-order valence-electron chi connectivity index (χ0n) is 9.51. The van der Waals surface area contributed by atoms with E-state index in [1.165, 1.54) is 20.3 Å². The topological polar surface area (TPSA) is 44.5 Å². The summed E-state index contributed by atoms with van der Waals surface area (Å²) in [6.07, 6.45) is 0. The molecular formula is C11H15BrFNO2. The third-order valence-corrected chi connectivity index (χ3v) is 3.02. The quantitative estimate of drug-likeness (QED) is 0.928. The van der Waals surface area contributed by atoms with Crippen LogP contribution in [0.25, 0.3) is 0 Å². The summed E-state index contributed by atoms with van der Waals surface area (Å²) in [4.78, 5) is 0. The van der Waals surface area contributed by atoms with E-state index in [1.807, 2.05) is 6.92 Å². The molecule has 1 aromatic rings. The molecule has 1 atom stereocenters. The molecule has 3 nitrogen and oxygen atoms in total. The largest absolute Gasteiger partial charge is 0.492 e. The highest BCUT2D eigenvalue weighted by Gasteiger charge is 2.22. The average molecular weight is 292 g/mol. The Morgan fingerprint density at radius 2 is 1.94 bits per heavy atom. The zero-order valence-corrected chi connectivity index (χ0v) is 11.1.